The number of aliphatic imine (C=N–C) groups is 1. The normalized spacial score (nSPS) is 15.6. The van der Waals surface area contributed by atoms with Crippen molar-refractivity contribution in [1.29, 1.82) is 0 Å². The smallest absolute Gasteiger partial charge is 0.279 e. The van der Waals surface area contributed by atoms with Gasteiger partial charge >= 0.3 is 0 Å². The van der Waals surface area contributed by atoms with Crippen LogP contribution >= 0.6 is 66.8 Å². The zero-order chi connectivity index (χ0) is 24.2. The third kappa shape index (κ3) is 6.12. The summed E-state index contributed by atoms with van der Waals surface area (Å²) in [5.41, 5.74) is 2.08. The number of halogens is 4. The van der Waals surface area contributed by atoms with Crippen molar-refractivity contribution >= 4 is 89.9 Å². The summed E-state index contributed by atoms with van der Waals surface area (Å²) in [6, 6.07) is 17.7. The molecular formula is C24H14Br2Cl2N2O3S. The van der Waals surface area contributed by atoms with E-state index < -0.39 is 5.91 Å². The molecule has 2 amide bonds. The summed E-state index contributed by atoms with van der Waals surface area (Å²) in [7, 11) is 0. The van der Waals surface area contributed by atoms with Crippen LogP contribution < -0.4 is 10.1 Å². The number of hydrogen-bond acceptors (Lipinski definition) is 4. The van der Waals surface area contributed by atoms with Gasteiger partial charge in [-0.05, 0) is 97.2 Å². The van der Waals surface area contributed by atoms with Gasteiger partial charge in [-0.1, -0.05) is 47.5 Å². The molecule has 0 aromatic heterocycles. The second kappa shape index (κ2) is 11.1. The summed E-state index contributed by atoms with van der Waals surface area (Å²) in [4.78, 5) is 29.1. The molecule has 4 rings (SSSR count). The van der Waals surface area contributed by atoms with Crippen LogP contribution in [-0.4, -0.2) is 17.0 Å². The minimum absolute atomic E-state index is 0.241. The molecule has 34 heavy (non-hydrogen) atoms. The van der Waals surface area contributed by atoms with Gasteiger partial charge in [-0.15, -0.1) is 0 Å². The zero-order valence-electron chi connectivity index (χ0n) is 17.2. The molecular weight excluding hydrogens is 627 g/mol. The lowest BCUT2D eigenvalue weighted by Crippen LogP contribution is -2.20. The number of nitrogens with one attached hydrogen (secondary N) is 1. The zero-order valence-corrected chi connectivity index (χ0v) is 22.7. The molecule has 0 bridgehead atoms. The number of amidine groups is 1. The highest BCUT2D eigenvalue weighted by molar-refractivity contribution is 9.11. The van der Waals surface area contributed by atoms with Crippen molar-refractivity contribution < 1.29 is 14.3 Å². The van der Waals surface area contributed by atoms with E-state index in [-0.39, 0.29) is 11.1 Å². The van der Waals surface area contributed by atoms with Gasteiger partial charge in [-0.3, -0.25) is 9.59 Å². The molecule has 1 fully saturated rings. The maximum atomic E-state index is 12.4. The Kier molecular flexibility index (Phi) is 8.16. The fourth-order valence-corrected chi connectivity index (χ4v) is 5.55. The molecule has 0 unspecified atom stereocenters. The second-order valence-electron chi connectivity index (χ2n) is 7.00. The first-order chi connectivity index (χ1) is 16.3. The van der Waals surface area contributed by atoms with E-state index in [0.29, 0.717) is 41.8 Å². The van der Waals surface area contributed by atoms with E-state index in [4.69, 9.17) is 27.9 Å². The molecule has 1 N–H and O–H groups in total. The molecule has 3 aromatic carbocycles. The first-order valence-corrected chi connectivity index (χ1v) is 12.9. The number of amides is 2. The van der Waals surface area contributed by atoms with Crippen molar-refractivity contribution in [1.82, 2.24) is 5.32 Å². The van der Waals surface area contributed by atoms with Gasteiger partial charge in [-0.25, -0.2) is 0 Å². The van der Waals surface area contributed by atoms with Crippen LogP contribution in [0.15, 0.2) is 79.5 Å². The maximum Gasteiger partial charge on any atom is 0.279 e. The van der Waals surface area contributed by atoms with E-state index in [1.807, 2.05) is 24.3 Å². The predicted molar refractivity (Wildman–Crippen MR) is 145 cm³/mol. The Morgan fingerprint density at radius 2 is 1.74 bits per heavy atom. The molecule has 0 atom stereocenters. The Hall–Kier alpha value is -2.10. The van der Waals surface area contributed by atoms with Crippen molar-refractivity contribution in [2.75, 3.05) is 0 Å². The topological polar surface area (TPSA) is 67.8 Å². The van der Waals surface area contributed by atoms with Crippen molar-refractivity contribution in [2.24, 2.45) is 4.99 Å². The number of rotatable bonds is 5. The molecule has 1 heterocycles. The average Bonchev–Trinajstić information content (AvgIpc) is 3.14. The van der Waals surface area contributed by atoms with Gasteiger partial charge in [0.15, 0.2) is 5.17 Å². The first kappa shape index (κ1) is 25.0. The Bertz CT molecular complexity index is 1320. The van der Waals surface area contributed by atoms with Crippen LogP contribution in [0.1, 0.15) is 21.5 Å². The summed E-state index contributed by atoms with van der Waals surface area (Å²) >= 11 is 20.2. The Morgan fingerprint density at radius 1 is 1.03 bits per heavy atom. The monoisotopic (exact) mass is 638 g/mol. The summed E-state index contributed by atoms with van der Waals surface area (Å²) in [5.74, 6) is -0.136. The molecule has 3 aromatic rings. The molecule has 0 spiro atoms. The van der Waals surface area contributed by atoms with E-state index in [9.17, 15) is 9.59 Å². The summed E-state index contributed by atoms with van der Waals surface area (Å²) < 4.78 is 7.34. The SMILES string of the molecule is O=C1NC(=NC(=O)c2ccccc2)S/C1=C\c1cc(Br)c(OCc2ccc(Cl)c(Cl)c2)c(Br)c1. The lowest BCUT2D eigenvalue weighted by atomic mass is 10.2. The van der Waals surface area contributed by atoms with Gasteiger partial charge < -0.3 is 10.1 Å². The van der Waals surface area contributed by atoms with E-state index in [2.05, 4.69) is 42.2 Å². The molecule has 5 nitrogen and oxygen atoms in total. The molecule has 0 saturated carbocycles. The highest BCUT2D eigenvalue weighted by atomic mass is 79.9. The van der Waals surface area contributed by atoms with Crippen LogP contribution in [0, 0.1) is 0 Å². The van der Waals surface area contributed by atoms with Crippen LogP contribution in [0.25, 0.3) is 6.08 Å². The molecule has 172 valence electrons. The molecule has 10 heteroatoms. The number of hydrogen-bond donors (Lipinski definition) is 1. The van der Waals surface area contributed by atoms with Gasteiger partial charge in [0.05, 0.1) is 23.9 Å². The summed E-state index contributed by atoms with van der Waals surface area (Å²) in [5, 5.41) is 3.81. The minimum Gasteiger partial charge on any atom is -0.487 e. The van der Waals surface area contributed by atoms with Gasteiger partial charge in [0.1, 0.15) is 12.4 Å². The number of nitrogens with zero attached hydrogens (tertiary/aromatic N) is 1. The number of carbonyl (C=O) groups is 2. The largest absolute Gasteiger partial charge is 0.487 e. The Labute approximate surface area is 226 Å². The number of benzene rings is 3. The van der Waals surface area contributed by atoms with E-state index in [1.165, 1.54) is 0 Å². The van der Waals surface area contributed by atoms with Crippen molar-refractivity contribution in [3.63, 3.8) is 0 Å². The van der Waals surface area contributed by atoms with Gasteiger partial charge in [0, 0.05) is 5.56 Å². The second-order valence-corrected chi connectivity index (χ2v) is 10.6. The van der Waals surface area contributed by atoms with Gasteiger partial charge in [0.2, 0.25) is 0 Å². The standard InChI is InChI=1S/C24H14Br2Cl2N2O3S/c25-16-8-14(9-17(26)21(16)33-12-13-6-7-18(27)19(28)10-13)11-20-23(32)30-24(34-20)29-22(31)15-4-2-1-3-5-15/h1-11H,12H2,(H,29,30,31,32)/b20-11-. The third-order valence-corrected chi connectivity index (χ3v) is 7.39. The van der Waals surface area contributed by atoms with Gasteiger partial charge in [-0.2, -0.15) is 4.99 Å². The minimum atomic E-state index is -0.418. The van der Waals surface area contributed by atoms with Crippen molar-refractivity contribution in [2.45, 2.75) is 6.61 Å². The highest BCUT2D eigenvalue weighted by Gasteiger charge is 2.25. The van der Waals surface area contributed by atoms with E-state index >= 15 is 0 Å². The maximum absolute atomic E-state index is 12.4. The van der Waals surface area contributed by atoms with Crippen LogP contribution in [0.3, 0.4) is 0 Å². The van der Waals surface area contributed by atoms with E-state index in [1.54, 1.807) is 42.5 Å². The quantitative estimate of drug-likeness (QED) is 0.293. The fourth-order valence-electron chi connectivity index (χ4n) is 2.96. The number of thioether (sulfide) groups is 1. The molecule has 0 radical (unpaired) electrons. The highest BCUT2D eigenvalue weighted by Crippen LogP contribution is 2.37. The lowest BCUT2D eigenvalue weighted by Gasteiger charge is -2.12. The number of carbonyl (C=O) groups excluding carboxylic acids is 2. The molecule has 1 aliphatic heterocycles. The Morgan fingerprint density at radius 3 is 2.41 bits per heavy atom. The lowest BCUT2D eigenvalue weighted by molar-refractivity contribution is -0.115. The van der Waals surface area contributed by atoms with Crippen LogP contribution in [0.4, 0.5) is 0 Å². The molecule has 1 aliphatic rings. The van der Waals surface area contributed by atoms with E-state index in [0.717, 1.165) is 22.9 Å². The van der Waals surface area contributed by atoms with Crippen molar-refractivity contribution in [3.8, 4) is 5.75 Å². The Balaban J connectivity index is 1.48. The van der Waals surface area contributed by atoms with Crippen LogP contribution in [-0.2, 0) is 11.4 Å². The third-order valence-electron chi connectivity index (χ3n) is 4.56. The molecule has 0 aliphatic carbocycles. The summed E-state index contributed by atoms with van der Waals surface area (Å²) in [6.07, 6.45) is 1.72. The fraction of sp³-hybridized carbons (Fsp3) is 0.0417. The van der Waals surface area contributed by atoms with Crippen LogP contribution in [0.5, 0.6) is 5.75 Å². The van der Waals surface area contributed by atoms with Crippen LogP contribution in [0.2, 0.25) is 10.0 Å². The first-order valence-electron chi connectivity index (χ1n) is 9.75. The average molecular weight is 641 g/mol. The van der Waals surface area contributed by atoms with Gasteiger partial charge in [0.25, 0.3) is 11.8 Å². The van der Waals surface area contributed by atoms with Crippen molar-refractivity contribution in [3.05, 3.63) is 101 Å². The number of ether oxygens (including phenoxy) is 1. The molecule has 1 saturated heterocycles. The predicted octanol–water partition coefficient (Wildman–Crippen LogP) is 7.50. The summed E-state index contributed by atoms with van der Waals surface area (Å²) in [6.45, 7) is 0.294.